The third-order valence-electron chi connectivity index (χ3n) is 4.57. The lowest BCUT2D eigenvalue weighted by Crippen LogP contribution is -2.31. The van der Waals surface area contributed by atoms with Gasteiger partial charge in [0.15, 0.2) is 0 Å². The molecule has 6 heteroatoms. The maximum absolute atomic E-state index is 12.3. The van der Waals surface area contributed by atoms with Crippen molar-refractivity contribution in [1.82, 2.24) is 4.90 Å². The molecule has 0 saturated carbocycles. The van der Waals surface area contributed by atoms with E-state index >= 15 is 0 Å². The summed E-state index contributed by atoms with van der Waals surface area (Å²) < 4.78 is 5.59. The molecule has 2 aromatic rings. The molecule has 1 N–H and O–H groups in total. The predicted octanol–water partition coefficient (Wildman–Crippen LogP) is 3.88. The van der Waals surface area contributed by atoms with Gasteiger partial charge in [-0.3, -0.25) is 19.3 Å². The van der Waals surface area contributed by atoms with Crippen LogP contribution in [0.1, 0.15) is 53.3 Å². The van der Waals surface area contributed by atoms with Crippen molar-refractivity contribution in [3.05, 3.63) is 59.7 Å². The molecule has 0 saturated heterocycles. The number of ether oxygens (including phenoxy) is 1. The second-order valence-corrected chi connectivity index (χ2v) is 6.69. The number of unbranched alkanes of at least 4 members (excludes halogenated alkanes) is 1. The summed E-state index contributed by atoms with van der Waals surface area (Å²) in [6.07, 6.45) is 2.72. The fourth-order valence-corrected chi connectivity index (χ4v) is 3.03. The van der Waals surface area contributed by atoms with Gasteiger partial charge >= 0.3 is 0 Å². The van der Waals surface area contributed by atoms with Gasteiger partial charge in [-0.1, -0.05) is 25.5 Å². The van der Waals surface area contributed by atoms with Crippen LogP contribution in [0.15, 0.2) is 48.5 Å². The first-order valence-electron chi connectivity index (χ1n) is 9.58. The van der Waals surface area contributed by atoms with Gasteiger partial charge in [0, 0.05) is 18.7 Å². The van der Waals surface area contributed by atoms with E-state index in [0.717, 1.165) is 18.6 Å². The van der Waals surface area contributed by atoms with Gasteiger partial charge in [0.25, 0.3) is 11.8 Å². The number of hydrogen-bond acceptors (Lipinski definition) is 4. The molecule has 0 aliphatic carbocycles. The Hall–Kier alpha value is -3.15. The highest BCUT2D eigenvalue weighted by Gasteiger charge is 2.34. The van der Waals surface area contributed by atoms with E-state index < -0.39 is 0 Å². The van der Waals surface area contributed by atoms with E-state index in [1.807, 2.05) is 12.1 Å². The molecule has 0 spiro atoms. The van der Waals surface area contributed by atoms with Gasteiger partial charge in [-0.2, -0.15) is 0 Å². The van der Waals surface area contributed by atoms with Gasteiger partial charge in [-0.25, -0.2) is 0 Å². The highest BCUT2D eigenvalue weighted by Crippen LogP contribution is 2.23. The maximum atomic E-state index is 12.3. The average Bonchev–Trinajstić information content (AvgIpc) is 2.95. The minimum atomic E-state index is -0.292. The van der Waals surface area contributed by atoms with Crippen LogP contribution < -0.4 is 10.1 Å². The van der Waals surface area contributed by atoms with Gasteiger partial charge in [0.05, 0.1) is 17.7 Å². The molecule has 6 nitrogen and oxygen atoms in total. The molecular weight excluding hydrogens is 356 g/mol. The third-order valence-corrected chi connectivity index (χ3v) is 4.57. The van der Waals surface area contributed by atoms with Gasteiger partial charge in [0.1, 0.15) is 5.75 Å². The Morgan fingerprint density at radius 3 is 2.21 bits per heavy atom. The number of carbonyl (C=O) groups excluding carboxylic acids is 3. The zero-order valence-corrected chi connectivity index (χ0v) is 15.9. The Labute approximate surface area is 164 Å². The number of carbonyl (C=O) groups is 3. The SMILES string of the molecule is CCCCOc1ccc(NC(=O)CCCN2C(=O)c3ccccc3C2=O)cc1. The standard InChI is InChI=1S/C22H24N2O4/c1-2-3-15-28-17-12-10-16(11-13-17)23-20(25)9-6-14-24-21(26)18-7-4-5-8-19(18)22(24)27/h4-5,7-8,10-13H,2-3,6,9,14-15H2,1H3,(H,23,25). The van der Waals surface area contributed by atoms with Gasteiger partial charge in [0.2, 0.25) is 5.91 Å². The number of fused-ring (bicyclic) bond motifs is 1. The van der Waals surface area contributed by atoms with Crippen molar-refractivity contribution in [2.45, 2.75) is 32.6 Å². The zero-order chi connectivity index (χ0) is 19.9. The van der Waals surface area contributed by atoms with E-state index in [-0.39, 0.29) is 30.7 Å². The van der Waals surface area contributed by atoms with Gasteiger partial charge in [-0.15, -0.1) is 0 Å². The average molecular weight is 380 g/mol. The summed E-state index contributed by atoms with van der Waals surface area (Å²) in [7, 11) is 0. The van der Waals surface area contributed by atoms with Crippen LogP contribution in [0.25, 0.3) is 0 Å². The number of benzene rings is 2. The summed E-state index contributed by atoms with van der Waals surface area (Å²) in [4.78, 5) is 37.9. The molecule has 3 rings (SSSR count). The number of rotatable bonds is 9. The van der Waals surface area contributed by atoms with Gasteiger partial charge in [-0.05, 0) is 49.2 Å². The molecule has 0 bridgehead atoms. The highest BCUT2D eigenvalue weighted by molar-refractivity contribution is 6.21. The van der Waals surface area contributed by atoms with E-state index in [9.17, 15) is 14.4 Å². The number of hydrogen-bond donors (Lipinski definition) is 1. The van der Waals surface area contributed by atoms with Crippen LogP contribution in [0, 0.1) is 0 Å². The topological polar surface area (TPSA) is 75.7 Å². The van der Waals surface area contributed by atoms with Crippen molar-refractivity contribution >= 4 is 23.4 Å². The highest BCUT2D eigenvalue weighted by atomic mass is 16.5. The van der Waals surface area contributed by atoms with Crippen LogP contribution in [0.5, 0.6) is 5.75 Å². The first-order chi connectivity index (χ1) is 13.6. The van der Waals surface area contributed by atoms with Crippen molar-refractivity contribution in [3.8, 4) is 5.75 Å². The quantitative estimate of drug-likeness (QED) is 0.529. The summed E-state index contributed by atoms with van der Waals surface area (Å²) >= 11 is 0. The lowest BCUT2D eigenvalue weighted by molar-refractivity contribution is -0.116. The largest absolute Gasteiger partial charge is 0.494 e. The molecule has 1 heterocycles. The van der Waals surface area contributed by atoms with Crippen molar-refractivity contribution in [2.75, 3.05) is 18.5 Å². The number of nitrogens with zero attached hydrogens (tertiary/aromatic N) is 1. The van der Waals surface area contributed by atoms with Crippen molar-refractivity contribution in [3.63, 3.8) is 0 Å². The van der Waals surface area contributed by atoms with Crippen molar-refractivity contribution < 1.29 is 19.1 Å². The molecule has 0 unspecified atom stereocenters. The van der Waals surface area contributed by atoms with E-state index in [0.29, 0.717) is 29.8 Å². The first-order valence-corrected chi connectivity index (χ1v) is 9.58. The van der Waals surface area contributed by atoms with Gasteiger partial charge < -0.3 is 10.1 Å². The van der Waals surface area contributed by atoms with E-state index in [1.165, 1.54) is 4.90 Å². The number of anilines is 1. The fourth-order valence-electron chi connectivity index (χ4n) is 3.03. The Morgan fingerprint density at radius 2 is 1.61 bits per heavy atom. The van der Waals surface area contributed by atoms with Crippen LogP contribution in [-0.2, 0) is 4.79 Å². The van der Waals surface area contributed by atoms with Crippen molar-refractivity contribution in [2.24, 2.45) is 0 Å². The second-order valence-electron chi connectivity index (χ2n) is 6.69. The predicted molar refractivity (Wildman–Crippen MR) is 107 cm³/mol. The molecule has 0 fully saturated rings. The third kappa shape index (κ3) is 4.57. The fraction of sp³-hybridized carbons (Fsp3) is 0.318. The molecule has 1 aliphatic rings. The zero-order valence-electron chi connectivity index (χ0n) is 15.9. The molecule has 0 aromatic heterocycles. The minimum Gasteiger partial charge on any atom is -0.494 e. The second kappa shape index (κ2) is 9.17. The van der Waals surface area contributed by atoms with Crippen LogP contribution in [0.3, 0.4) is 0 Å². The van der Waals surface area contributed by atoms with E-state index in [2.05, 4.69) is 12.2 Å². The molecule has 1 aliphatic heterocycles. The van der Waals surface area contributed by atoms with Crippen LogP contribution >= 0.6 is 0 Å². The molecule has 0 radical (unpaired) electrons. The van der Waals surface area contributed by atoms with E-state index in [1.54, 1.807) is 36.4 Å². The lowest BCUT2D eigenvalue weighted by Gasteiger charge is -2.13. The molecule has 3 amide bonds. The summed E-state index contributed by atoms with van der Waals surface area (Å²) in [6.45, 7) is 3.01. The molecular formula is C22H24N2O4. The molecule has 0 atom stereocenters. The van der Waals surface area contributed by atoms with Crippen LogP contribution in [0.4, 0.5) is 5.69 Å². The Balaban J connectivity index is 1.44. The summed E-state index contributed by atoms with van der Waals surface area (Å²) in [5.41, 5.74) is 1.55. The Morgan fingerprint density at radius 1 is 0.964 bits per heavy atom. The normalized spacial score (nSPS) is 12.8. The van der Waals surface area contributed by atoms with Crippen LogP contribution in [-0.4, -0.2) is 35.8 Å². The Bertz CT molecular complexity index is 826. The number of amides is 3. The molecule has 28 heavy (non-hydrogen) atoms. The van der Waals surface area contributed by atoms with E-state index in [4.69, 9.17) is 4.74 Å². The minimum absolute atomic E-state index is 0.156. The smallest absolute Gasteiger partial charge is 0.261 e. The Kier molecular flexibility index (Phi) is 6.42. The molecule has 146 valence electrons. The first kappa shape index (κ1) is 19.6. The van der Waals surface area contributed by atoms with Crippen LogP contribution in [0.2, 0.25) is 0 Å². The molecule has 2 aromatic carbocycles. The summed E-state index contributed by atoms with van der Waals surface area (Å²) in [5, 5.41) is 2.82. The maximum Gasteiger partial charge on any atom is 0.261 e. The lowest BCUT2D eigenvalue weighted by atomic mass is 10.1. The summed E-state index contributed by atoms with van der Waals surface area (Å²) in [5.74, 6) is 0.0349. The number of nitrogens with one attached hydrogen (secondary N) is 1. The number of imide groups is 1. The monoisotopic (exact) mass is 380 g/mol. The van der Waals surface area contributed by atoms with Crippen molar-refractivity contribution in [1.29, 1.82) is 0 Å². The summed E-state index contributed by atoms with van der Waals surface area (Å²) in [6, 6.07) is 14.0.